The second kappa shape index (κ2) is 5.72. The monoisotopic (exact) mass is 316 g/mol. The maximum Gasteiger partial charge on any atom is 0.151 e. The summed E-state index contributed by atoms with van der Waals surface area (Å²) in [6.45, 7) is 2.02. The summed E-state index contributed by atoms with van der Waals surface area (Å²) < 4.78 is 1.02. The molecule has 0 spiro atoms. The number of rotatable bonds is 3. The number of pyridine rings is 1. The lowest BCUT2D eigenvalue weighted by Crippen LogP contribution is -2.10. The average molecular weight is 317 g/mol. The maximum absolute atomic E-state index is 8.94. The minimum atomic E-state index is 0.0428. The van der Waals surface area contributed by atoms with E-state index in [1.54, 1.807) is 12.3 Å². The van der Waals surface area contributed by atoms with Crippen molar-refractivity contribution in [2.75, 3.05) is 11.1 Å². The van der Waals surface area contributed by atoms with Crippen LogP contribution in [0.5, 0.6) is 0 Å². The molecule has 96 valence electrons. The standard InChI is InChI=1S/C14H13BrN4/c1-9(10-3-2-4-12(15)7-10)19-14-13(17)11(8-16)5-6-18-14/h2-7,9H,17H2,1H3,(H,18,19). The summed E-state index contributed by atoms with van der Waals surface area (Å²) >= 11 is 3.44. The molecular weight excluding hydrogens is 304 g/mol. The van der Waals surface area contributed by atoms with Gasteiger partial charge in [0.1, 0.15) is 6.07 Å². The summed E-state index contributed by atoms with van der Waals surface area (Å²) in [6.07, 6.45) is 1.57. The number of nitrogens with one attached hydrogen (secondary N) is 1. The molecule has 19 heavy (non-hydrogen) atoms. The molecule has 1 aromatic carbocycles. The molecule has 1 heterocycles. The van der Waals surface area contributed by atoms with Crippen LogP contribution in [0.25, 0.3) is 0 Å². The fraction of sp³-hybridized carbons (Fsp3) is 0.143. The smallest absolute Gasteiger partial charge is 0.151 e. The van der Waals surface area contributed by atoms with E-state index < -0.39 is 0 Å². The van der Waals surface area contributed by atoms with Gasteiger partial charge in [0, 0.05) is 10.7 Å². The van der Waals surface area contributed by atoms with Crippen LogP contribution in [0.1, 0.15) is 24.1 Å². The summed E-state index contributed by atoms with van der Waals surface area (Å²) in [5.74, 6) is 0.534. The minimum Gasteiger partial charge on any atom is -0.395 e. The van der Waals surface area contributed by atoms with E-state index in [4.69, 9.17) is 11.0 Å². The topological polar surface area (TPSA) is 74.7 Å². The van der Waals surface area contributed by atoms with Gasteiger partial charge in [0.25, 0.3) is 0 Å². The molecular formula is C14H13BrN4. The van der Waals surface area contributed by atoms with Crippen molar-refractivity contribution in [3.8, 4) is 6.07 Å². The lowest BCUT2D eigenvalue weighted by molar-refractivity contribution is 0.874. The molecule has 0 aliphatic heterocycles. The van der Waals surface area contributed by atoms with Gasteiger partial charge >= 0.3 is 0 Å². The van der Waals surface area contributed by atoms with Gasteiger partial charge in [-0.3, -0.25) is 0 Å². The van der Waals surface area contributed by atoms with Crippen LogP contribution in [-0.4, -0.2) is 4.98 Å². The molecule has 1 unspecified atom stereocenters. The second-order valence-corrected chi connectivity index (χ2v) is 5.07. The van der Waals surface area contributed by atoms with Crippen LogP contribution in [0.3, 0.4) is 0 Å². The van der Waals surface area contributed by atoms with Crippen molar-refractivity contribution in [1.29, 1.82) is 5.26 Å². The molecule has 0 aliphatic carbocycles. The first kappa shape index (κ1) is 13.4. The lowest BCUT2D eigenvalue weighted by atomic mass is 10.1. The number of hydrogen-bond acceptors (Lipinski definition) is 4. The van der Waals surface area contributed by atoms with E-state index in [-0.39, 0.29) is 6.04 Å². The van der Waals surface area contributed by atoms with Crippen LogP contribution < -0.4 is 11.1 Å². The zero-order valence-corrected chi connectivity index (χ0v) is 12.0. The summed E-state index contributed by atoms with van der Waals surface area (Å²) in [6, 6.07) is 11.7. The first-order valence-corrected chi connectivity index (χ1v) is 6.57. The fourth-order valence-electron chi connectivity index (χ4n) is 1.75. The van der Waals surface area contributed by atoms with E-state index in [0.717, 1.165) is 10.0 Å². The summed E-state index contributed by atoms with van der Waals surface area (Å²) in [7, 11) is 0. The highest BCUT2D eigenvalue weighted by atomic mass is 79.9. The Bertz CT molecular complexity index is 634. The molecule has 0 amide bonds. The van der Waals surface area contributed by atoms with Crippen molar-refractivity contribution >= 4 is 27.4 Å². The molecule has 0 bridgehead atoms. The number of nitrogens with zero attached hydrogens (tertiary/aromatic N) is 2. The SMILES string of the molecule is CC(Nc1nccc(C#N)c1N)c1cccc(Br)c1. The number of aromatic nitrogens is 1. The molecule has 0 aliphatic rings. The Morgan fingerprint density at radius 2 is 2.21 bits per heavy atom. The van der Waals surface area contributed by atoms with Crippen molar-refractivity contribution in [3.63, 3.8) is 0 Å². The van der Waals surface area contributed by atoms with Gasteiger partial charge in [-0.2, -0.15) is 5.26 Å². The van der Waals surface area contributed by atoms with Crippen LogP contribution in [-0.2, 0) is 0 Å². The van der Waals surface area contributed by atoms with Gasteiger partial charge in [-0.25, -0.2) is 4.98 Å². The van der Waals surface area contributed by atoms with E-state index in [1.807, 2.05) is 37.3 Å². The molecule has 2 rings (SSSR count). The van der Waals surface area contributed by atoms with Crippen LogP contribution >= 0.6 is 15.9 Å². The predicted octanol–water partition coefficient (Wildman–Crippen LogP) is 3.47. The number of nitrogens with two attached hydrogens (primary N) is 1. The molecule has 0 radical (unpaired) electrons. The third-order valence-corrected chi connectivity index (χ3v) is 3.31. The quantitative estimate of drug-likeness (QED) is 0.909. The lowest BCUT2D eigenvalue weighted by Gasteiger charge is -2.16. The van der Waals surface area contributed by atoms with Gasteiger partial charge in [-0.1, -0.05) is 28.1 Å². The van der Waals surface area contributed by atoms with E-state index in [9.17, 15) is 0 Å². The van der Waals surface area contributed by atoms with E-state index in [1.165, 1.54) is 0 Å². The van der Waals surface area contributed by atoms with Crippen LogP contribution in [0.15, 0.2) is 41.0 Å². The number of nitrogen functional groups attached to an aromatic ring is 1. The number of halogens is 1. The van der Waals surface area contributed by atoms with Crippen LogP contribution in [0, 0.1) is 11.3 Å². The summed E-state index contributed by atoms with van der Waals surface area (Å²) in [5.41, 5.74) is 7.81. The van der Waals surface area contributed by atoms with Crippen molar-refractivity contribution in [3.05, 3.63) is 52.1 Å². The van der Waals surface area contributed by atoms with Crippen LogP contribution in [0.4, 0.5) is 11.5 Å². The first-order valence-electron chi connectivity index (χ1n) is 5.78. The Kier molecular flexibility index (Phi) is 4.03. The molecule has 3 N–H and O–H groups in total. The summed E-state index contributed by atoms with van der Waals surface area (Å²) in [5, 5.41) is 12.2. The highest BCUT2D eigenvalue weighted by molar-refractivity contribution is 9.10. The Hall–Kier alpha value is -2.06. The van der Waals surface area contributed by atoms with Gasteiger partial charge in [0.05, 0.1) is 17.3 Å². The third-order valence-electron chi connectivity index (χ3n) is 2.81. The van der Waals surface area contributed by atoms with Crippen molar-refractivity contribution < 1.29 is 0 Å². The normalized spacial score (nSPS) is 11.6. The number of benzene rings is 1. The van der Waals surface area contributed by atoms with Crippen molar-refractivity contribution in [2.24, 2.45) is 0 Å². The maximum atomic E-state index is 8.94. The minimum absolute atomic E-state index is 0.0428. The van der Waals surface area contributed by atoms with Gasteiger partial charge in [-0.05, 0) is 30.7 Å². The highest BCUT2D eigenvalue weighted by Crippen LogP contribution is 2.25. The molecule has 5 heteroatoms. The predicted molar refractivity (Wildman–Crippen MR) is 79.5 cm³/mol. The molecule has 0 saturated heterocycles. The van der Waals surface area contributed by atoms with Crippen molar-refractivity contribution in [2.45, 2.75) is 13.0 Å². The molecule has 1 aromatic heterocycles. The largest absolute Gasteiger partial charge is 0.395 e. The van der Waals surface area contributed by atoms with E-state index in [2.05, 4.69) is 26.2 Å². The Balaban J connectivity index is 2.25. The van der Waals surface area contributed by atoms with Crippen molar-refractivity contribution in [1.82, 2.24) is 4.98 Å². The summed E-state index contributed by atoms with van der Waals surface area (Å²) in [4.78, 5) is 4.18. The van der Waals surface area contributed by atoms with Gasteiger partial charge in [-0.15, -0.1) is 0 Å². The average Bonchev–Trinajstić information content (AvgIpc) is 2.41. The Labute approximate surface area is 120 Å². The number of hydrogen-bond donors (Lipinski definition) is 2. The number of nitriles is 1. The van der Waals surface area contributed by atoms with E-state index >= 15 is 0 Å². The third kappa shape index (κ3) is 3.04. The van der Waals surface area contributed by atoms with Gasteiger partial charge in [0.15, 0.2) is 5.82 Å². The Morgan fingerprint density at radius 1 is 1.42 bits per heavy atom. The van der Waals surface area contributed by atoms with E-state index in [0.29, 0.717) is 17.1 Å². The van der Waals surface area contributed by atoms with Crippen LogP contribution in [0.2, 0.25) is 0 Å². The molecule has 0 fully saturated rings. The molecule has 2 aromatic rings. The molecule has 1 atom stereocenters. The fourth-order valence-corrected chi connectivity index (χ4v) is 2.17. The second-order valence-electron chi connectivity index (χ2n) is 4.15. The molecule has 0 saturated carbocycles. The highest BCUT2D eigenvalue weighted by Gasteiger charge is 2.10. The molecule has 4 nitrogen and oxygen atoms in total. The Morgan fingerprint density at radius 3 is 2.89 bits per heavy atom. The number of anilines is 2. The zero-order valence-electron chi connectivity index (χ0n) is 10.4. The van der Waals surface area contributed by atoms with Gasteiger partial charge in [0.2, 0.25) is 0 Å². The van der Waals surface area contributed by atoms with Gasteiger partial charge < -0.3 is 11.1 Å². The zero-order chi connectivity index (χ0) is 13.8. The first-order chi connectivity index (χ1) is 9.11.